The van der Waals surface area contributed by atoms with Crippen LogP contribution in [0.4, 0.5) is 0 Å². The van der Waals surface area contributed by atoms with Gasteiger partial charge in [0, 0.05) is 11.8 Å². The molecule has 0 aliphatic heterocycles. The second-order valence-electron chi connectivity index (χ2n) is 4.50. The van der Waals surface area contributed by atoms with Crippen molar-refractivity contribution in [1.82, 2.24) is 0 Å². The molecule has 0 atom stereocenters. The van der Waals surface area contributed by atoms with Crippen LogP contribution in [0.2, 0.25) is 0 Å². The molecular formula is C17H19BrO2. The Morgan fingerprint density at radius 2 is 1.20 bits per heavy atom. The Balaban J connectivity index is 1.81. The van der Waals surface area contributed by atoms with E-state index in [1.807, 2.05) is 36.4 Å². The predicted octanol–water partition coefficient (Wildman–Crippen LogP) is 4.53. The summed E-state index contributed by atoms with van der Waals surface area (Å²) in [5.74, 6) is 0. The van der Waals surface area contributed by atoms with Crippen molar-refractivity contribution in [3.8, 4) is 0 Å². The quantitative estimate of drug-likeness (QED) is 0.521. The number of benzene rings is 2. The van der Waals surface area contributed by atoms with Gasteiger partial charge in [-0.1, -0.05) is 76.6 Å². The first kappa shape index (κ1) is 15.2. The van der Waals surface area contributed by atoms with Crippen LogP contribution in [0.5, 0.6) is 0 Å². The number of halogens is 1. The Morgan fingerprint density at radius 3 is 1.60 bits per heavy atom. The summed E-state index contributed by atoms with van der Waals surface area (Å²) in [5.41, 5.74) is 2.32. The van der Waals surface area contributed by atoms with E-state index in [2.05, 4.69) is 40.2 Å². The van der Waals surface area contributed by atoms with E-state index in [4.69, 9.17) is 9.47 Å². The van der Waals surface area contributed by atoms with Crippen LogP contribution in [0, 0.1) is 0 Å². The second-order valence-corrected chi connectivity index (χ2v) is 5.29. The monoisotopic (exact) mass is 334 g/mol. The number of alkyl halides is 1. The minimum atomic E-state index is -0.185. The van der Waals surface area contributed by atoms with E-state index in [0.29, 0.717) is 13.2 Å². The highest BCUT2D eigenvalue weighted by atomic mass is 79.9. The molecule has 0 aliphatic carbocycles. The summed E-state index contributed by atoms with van der Waals surface area (Å²) in [6, 6.07) is 20.3. The molecule has 0 spiro atoms. The molecule has 2 aromatic rings. The third kappa shape index (κ3) is 5.45. The molecular weight excluding hydrogens is 316 g/mol. The summed E-state index contributed by atoms with van der Waals surface area (Å²) in [5, 5.41) is 0.862. The lowest BCUT2D eigenvalue weighted by atomic mass is 10.2. The highest BCUT2D eigenvalue weighted by Gasteiger charge is 2.09. The van der Waals surface area contributed by atoms with Crippen LogP contribution in [0.25, 0.3) is 0 Å². The Morgan fingerprint density at radius 1 is 0.750 bits per heavy atom. The van der Waals surface area contributed by atoms with Crippen molar-refractivity contribution in [1.29, 1.82) is 0 Å². The van der Waals surface area contributed by atoms with Gasteiger partial charge in [-0.3, -0.25) is 0 Å². The first-order valence-electron chi connectivity index (χ1n) is 6.75. The van der Waals surface area contributed by atoms with E-state index in [-0.39, 0.29) is 6.29 Å². The molecule has 0 unspecified atom stereocenters. The zero-order valence-electron chi connectivity index (χ0n) is 11.4. The van der Waals surface area contributed by atoms with E-state index < -0.39 is 0 Å². The zero-order valence-corrected chi connectivity index (χ0v) is 13.0. The maximum Gasteiger partial charge on any atom is 0.159 e. The fourth-order valence-corrected chi connectivity index (χ4v) is 2.20. The molecule has 0 saturated carbocycles. The molecule has 0 fully saturated rings. The first-order chi connectivity index (χ1) is 9.88. The summed E-state index contributed by atoms with van der Waals surface area (Å²) in [4.78, 5) is 0. The van der Waals surface area contributed by atoms with E-state index >= 15 is 0 Å². The number of hydrogen-bond donors (Lipinski definition) is 0. The maximum absolute atomic E-state index is 5.84. The normalized spacial score (nSPS) is 10.9. The molecule has 106 valence electrons. The van der Waals surface area contributed by atoms with Crippen LogP contribution in [-0.2, 0) is 22.7 Å². The minimum Gasteiger partial charge on any atom is -0.348 e. The molecule has 0 radical (unpaired) electrons. The van der Waals surface area contributed by atoms with Gasteiger partial charge in [-0.25, -0.2) is 0 Å². The Bertz CT molecular complexity index is 429. The standard InChI is InChI=1S/C17H19BrO2/c18-12-11-17(19-13-15-7-3-1-4-8-15)20-14-16-9-5-2-6-10-16/h1-10,17H,11-14H2. The van der Waals surface area contributed by atoms with Crippen molar-refractivity contribution < 1.29 is 9.47 Å². The summed E-state index contributed by atoms with van der Waals surface area (Å²) in [7, 11) is 0. The van der Waals surface area contributed by atoms with Gasteiger partial charge in [0.05, 0.1) is 13.2 Å². The lowest BCUT2D eigenvalue weighted by Gasteiger charge is -2.18. The van der Waals surface area contributed by atoms with E-state index in [0.717, 1.165) is 22.9 Å². The largest absolute Gasteiger partial charge is 0.348 e. The SMILES string of the molecule is BrCCC(OCc1ccccc1)OCc1ccccc1. The number of ether oxygens (including phenoxy) is 2. The van der Waals surface area contributed by atoms with Gasteiger partial charge < -0.3 is 9.47 Å². The van der Waals surface area contributed by atoms with Gasteiger partial charge in [-0.2, -0.15) is 0 Å². The van der Waals surface area contributed by atoms with E-state index in [1.54, 1.807) is 0 Å². The Labute approximate surface area is 128 Å². The minimum absolute atomic E-state index is 0.185. The van der Waals surface area contributed by atoms with Gasteiger partial charge in [0.2, 0.25) is 0 Å². The highest BCUT2D eigenvalue weighted by Crippen LogP contribution is 2.11. The lowest BCUT2D eigenvalue weighted by Crippen LogP contribution is -2.17. The fraction of sp³-hybridized carbons (Fsp3) is 0.294. The topological polar surface area (TPSA) is 18.5 Å². The van der Waals surface area contributed by atoms with Gasteiger partial charge in [-0.05, 0) is 11.1 Å². The van der Waals surface area contributed by atoms with Crippen LogP contribution in [0.15, 0.2) is 60.7 Å². The van der Waals surface area contributed by atoms with Crippen molar-refractivity contribution >= 4 is 15.9 Å². The lowest BCUT2D eigenvalue weighted by molar-refractivity contribution is -0.156. The van der Waals surface area contributed by atoms with Crippen molar-refractivity contribution in [2.45, 2.75) is 25.9 Å². The van der Waals surface area contributed by atoms with Gasteiger partial charge in [0.1, 0.15) is 0 Å². The third-order valence-electron chi connectivity index (χ3n) is 2.90. The van der Waals surface area contributed by atoms with Crippen molar-refractivity contribution in [2.75, 3.05) is 5.33 Å². The van der Waals surface area contributed by atoms with Crippen LogP contribution in [0.1, 0.15) is 17.5 Å². The summed E-state index contributed by atoms with van der Waals surface area (Å²) in [6.45, 7) is 1.15. The Kier molecular flexibility index (Phi) is 6.78. The van der Waals surface area contributed by atoms with Gasteiger partial charge in [-0.15, -0.1) is 0 Å². The zero-order chi connectivity index (χ0) is 14.0. The molecule has 0 aliphatic rings. The molecule has 0 aromatic heterocycles. The Hall–Kier alpha value is -1.16. The second kappa shape index (κ2) is 8.90. The molecule has 2 aromatic carbocycles. The van der Waals surface area contributed by atoms with Crippen molar-refractivity contribution in [3.63, 3.8) is 0 Å². The molecule has 2 nitrogen and oxygen atoms in total. The first-order valence-corrected chi connectivity index (χ1v) is 7.87. The van der Waals surface area contributed by atoms with Crippen LogP contribution < -0.4 is 0 Å². The van der Waals surface area contributed by atoms with E-state index in [1.165, 1.54) is 0 Å². The summed E-state index contributed by atoms with van der Waals surface area (Å²) < 4.78 is 11.7. The van der Waals surface area contributed by atoms with Crippen molar-refractivity contribution in [3.05, 3.63) is 71.8 Å². The molecule has 2 rings (SSSR count). The average molecular weight is 335 g/mol. The van der Waals surface area contributed by atoms with Gasteiger partial charge in [0.15, 0.2) is 6.29 Å². The van der Waals surface area contributed by atoms with Gasteiger partial charge in [0.25, 0.3) is 0 Å². The van der Waals surface area contributed by atoms with Crippen molar-refractivity contribution in [2.24, 2.45) is 0 Å². The third-order valence-corrected chi connectivity index (χ3v) is 3.36. The summed E-state index contributed by atoms with van der Waals surface area (Å²) >= 11 is 3.44. The maximum atomic E-state index is 5.84. The fourth-order valence-electron chi connectivity index (χ4n) is 1.83. The number of hydrogen-bond acceptors (Lipinski definition) is 2. The molecule has 3 heteroatoms. The molecule has 0 N–H and O–H groups in total. The average Bonchev–Trinajstić information content (AvgIpc) is 2.52. The number of rotatable bonds is 8. The molecule has 0 saturated heterocycles. The summed E-state index contributed by atoms with van der Waals surface area (Å²) in [6.07, 6.45) is 0.648. The highest BCUT2D eigenvalue weighted by molar-refractivity contribution is 9.09. The van der Waals surface area contributed by atoms with Crippen LogP contribution in [0.3, 0.4) is 0 Å². The predicted molar refractivity (Wildman–Crippen MR) is 84.7 cm³/mol. The van der Waals surface area contributed by atoms with Gasteiger partial charge >= 0.3 is 0 Å². The molecule has 0 heterocycles. The van der Waals surface area contributed by atoms with Crippen LogP contribution in [-0.4, -0.2) is 11.6 Å². The smallest absolute Gasteiger partial charge is 0.159 e. The molecule has 0 amide bonds. The molecule has 0 bridgehead atoms. The van der Waals surface area contributed by atoms with Crippen LogP contribution >= 0.6 is 15.9 Å². The molecule has 20 heavy (non-hydrogen) atoms. The van der Waals surface area contributed by atoms with E-state index in [9.17, 15) is 0 Å².